The smallest absolute Gasteiger partial charge is 0.231 e. The summed E-state index contributed by atoms with van der Waals surface area (Å²) < 4.78 is 6.53. The molecule has 3 rings (SSSR count). The molecule has 0 saturated heterocycles. The number of aryl methyl sites for hydroxylation is 1. The Morgan fingerprint density at radius 3 is 2.50 bits per heavy atom. The molecule has 0 N–H and O–H groups in total. The van der Waals surface area contributed by atoms with Gasteiger partial charge in [0, 0.05) is 20.2 Å². The highest BCUT2D eigenvalue weighted by molar-refractivity contribution is 7.21. The summed E-state index contributed by atoms with van der Waals surface area (Å²) >= 11 is 1.51. The molecule has 28 heavy (non-hydrogen) atoms. The molecule has 1 heterocycles. The molecule has 0 bridgehead atoms. The molecule has 0 aliphatic rings. The van der Waals surface area contributed by atoms with Gasteiger partial charge < -0.3 is 9.64 Å². The van der Waals surface area contributed by atoms with Crippen molar-refractivity contribution in [1.82, 2.24) is 4.98 Å². The fraction of sp³-hybridized carbons (Fsp3) is 0.318. The Kier molecular flexibility index (Phi) is 7.70. The number of hydrogen-bond donors (Lipinski definition) is 0. The van der Waals surface area contributed by atoms with Gasteiger partial charge in [0.1, 0.15) is 5.75 Å². The van der Waals surface area contributed by atoms with Crippen LogP contribution in [0.25, 0.3) is 16.3 Å². The third kappa shape index (κ3) is 5.16. The van der Waals surface area contributed by atoms with E-state index in [1.807, 2.05) is 56.3 Å². The maximum atomic E-state index is 5.46. The summed E-state index contributed by atoms with van der Waals surface area (Å²) in [4.78, 5) is 6.52. The summed E-state index contributed by atoms with van der Waals surface area (Å²) in [6, 6.07) is 9.96. The van der Waals surface area contributed by atoms with Crippen molar-refractivity contribution < 1.29 is 4.74 Å². The minimum absolute atomic E-state index is 0.631. The average Bonchev–Trinajstić information content (AvgIpc) is 3.09. The van der Waals surface area contributed by atoms with E-state index in [0.717, 1.165) is 38.5 Å². The Morgan fingerprint density at radius 1 is 1.18 bits per heavy atom. The molecule has 2 aromatic carbocycles. The van der Waals surface area contributed by atoms with Crippen molar-refractivity contribution in [3.63, 3.8) is 0 Å². The van der Waals surface area contributed by atoms with E-state index in [2.05, 4.69) is 41.7 Å². The maximum absolute atomic E-state index is 5.46. The normalized spacial score (nSPS) is 10.6. The number of ether oxygens (including phenoxy) is 1. The summed E-state index contributed by atoms with van der Waals surface area (Å²) in [5.41, 5.74) is 4.80. The quantitative estimate of drug-likeness (QED) is 0.430. The number of thiazole rings is 1. The fourth-order valence-electron chi connectivity index (χ4n) is 2.48. The van der Waals surface area contributed by atoms with E-state index >= 15 is 0 Å². The van der Waals surface area contributed by atoms with Gasteiger partial charge >= 0.3 is 0 Å². The van der Waals surface area contributed by atoms with Crippen LogP contribution >= 0.6 is 11.3 Å². The number of methoxy groups -OCH3 is 1. The number of nitrogens with zero attached hydrogens (tertiary/aromatic N) is 4. The van der Waals surface area contributed by atoms with Crippen LogP contribution in [0.5, 0.6) is 5.75 Å². The highest BCUT2D eigenvalue weighted by atomic mass is 32.1. The first-order chi connectivity index (χ1) is 13.4. The standard InChI is InChI=1S/C19H20N4OS.C3H8/c1-6-13-7-8-14-18(10-13)25-19(20-14)22-21-15-11-17(24-5)16(23(3)4)9-12(15)2;1-3-2/h6-11H,1H2,2-5H3;3H2,1-2H3. The Bertz CT molecular complexity index is 976. The third-order valence-electron chi connectivity index (χ3n) is 3.86. The molecule has 0 fully saturated rings. The monoisotopic (exact) mass is 396 g/mol. The first-order valence-corrected chi connectivity index (χ1v) is 10.1. The Hall–Kier alpha value is -2.73. The van der Waals surface area contributed by atoms with Gasteiger partial charge in [0.05, 0.1) is 28.7 Å². The van der Waals surface area contributed by atoms with Gasteiger partial charge in [0.15, 0.2) is 0 Å². The average molecular weight is 397 g/mol. The van der Waals surface area contributed by atoms with Crippen molar-refractivity contribution in [2.24, 2.45) is 10.2 Å². The summed E-state index contributed by atoms with van der Waals surface area (Å²) in [5, 5.41) is 9.33. The van der Waals surface area contributed by atoms with Gasteiger partial charge in [0.25, 0.3) is 0 Å². The molecule has 0 radical (unpaired) electrons. The molecule has 0 atom stereocenters. The predicted octanol–water partition coefficient (Wildman–Crippen LogP) is 7.15. The van der Waals surface area contributed by atoms with Crippen molar-refractivity contribution in [2.75, 3.05) is 26.1 Å². The van der Waals surface area contributed by atoms with Crippen LogP contribution in [-0.2, 0) is 0 Å². The highest BCUT2D eigenvalue weighted by Gasteiger charge is 2.10. The molecule has 1 aromatic heterocycles. The number of rotatable bonds is 5. The fourth-order valence-corrected chi connectivity index (χ4v) is 3.31. The molecular formula is C22H28N4OS. The van der Waals surface area contributed by atoms with Gasteiger partial charge in [-0.3, -0.25) is 0 Å². The molecule has 0 aliphatic heterocycles. The van der Waals surface area contributed by atoms with E-state index in [1.165, 1.54) is 17.8 Å². The minimum Gasteiger partial charge on any atom is -0.495 e. The van der Waals surface area contributed by atoms with E-state index in [0.29, 0.717) is 5.13 Å². The number of azo groups is 1. The third-order valence-corrected chi connectivity index (χ3v) is 4.76. The first-order valence-electron chi connectivity index (χ1n) is 9.24. The zero-order valence-corrected chi connectivity index (χ0v) is 18.3. The van der Waals surface area contributed by atoms with Gasteiger partial charge in [-0.1, -0.05) is 50.3 Å². The number of aromatic nitrogens is 1. The second-order valence-corrected chi connectivity index (χ2v) is 7.55. The lowest BCUT2D eigenvalue weighted by Gasteiger charge is -2.17. The zero-order chi connectivity index (χ0) is 20.7. The number of fused-ring (bicyclic) bond motifs is 1. The van der Waals surface area contributed by atoms with Gasteiger partial charge in [-0.25, -0.2) is 4.98 Å². The Morgan fingerprint density at radius 2 is 1.89 bits per heavy atom. The van der Waals surface area contributed by atoms with Crippen LogP contribution in [0.4, 0.5) is 16.5 Å². The largest absolute Gasteiger partial charge is 0.495 e. The summed E-state index contributed by atoms with van der Waals surface area (Å²) in [6.07, 6.45) is 3.07. The summed E-state index contributed by atoms with van der Waals surface area (Å²) in [7, 11) is 5.62. The van der Waals surface area contributed by atoms with Gasteiger partial charge in [0.2, 0.25) is 5.13 Å². The Balaban J connectivity index is 0.000000878. The topological polar surface area (TPSA) is 50.1 Å². The lowest BCUT2D eigenvalue weighted by molar-refractivity contribution is 0.415. The van der Waals surface area contributed by atoms with E-state index in [1.54, 1.807) is 7.11 Å². The summed E-state index contributed by atoms with van der Waals surface area (Å²) in [6.45, 7) is 10.1. The lowest BCUT2D eigenvalue weighted by atomic mass is 10.1. The van der Waals surface area contributed by atoms with Crippen LogP contribution in [0.15, 0.2) is 47.1 Å². The number of hydrogen-bond acceptors (Lipinski definition) is 6. The molecular weight excluding hydrogens is 368 g/mol. The molecule has 5 nitrogen and oxygen atoms in total. The molecule has 148 valence electrons. The van der Waals surface area contributed by atoms with Crippen LogP contribution in [0.2, 0.25) is 0 Å². The summed E-state index contributed by atoms with van der Waals surface area (Å²) in [5.74, 6) is 0.768. The molecule has 0 amide bonds. The molecule has 0 spiro atoms. The van der Waals surface area contributed by atoms with Crippen molar-refractivity contribution in [1.29, 1.82) is 0 Å². The van der Waals surface area contributed by atoms with E-state index < -0.39 is 0 Å². The number of benzene rings is 2. The van der Waals surface area contributed by atoms with Crippen LogP contribution in [0.3, 0.4) is 0 Å². The molecule has 6 heteroatoms. The minimum atomic E-state index is 0.631. The van der Waals surface area contributed by atoms with E-state index in [9.17, 15) is 0 Å². The number of anilines is 1. The Labute approximate surface area is 171 Å². The molecule has 0 aliphatic carbocycles. The first kappa shape index (κ1) is 21.6. The second-order valence-electron chi connectivity index (χ2n) is 6.54. The molecule has 3 aromatic rings. The lowest BCUT2D eigenvalue weighted by Crippen LogP contribution is -2.10. The molecule has 0 unspecified atom stereocenters. The van der Waals surface area contributed by atoms with E-state index in [4.69, 9.17) is 4.74 Å². The SMILES string of the molecule is C=Cc1ccc2nc(N=Nc3cc(OC)c(N(C)C)cc3C)sc2c1.CCC. The van der Waals surface area contributed by atoms with Crippen molar-refractivity contribution in [3.05, 3.63) is 48.0 Å². The van der Waals surface area contributed by atoms with Crippen LogP contribution in [-0.4, -0.2) is 26.2 Å². The molecule has 0 saturated carbocycles. The van der Waals surface area contributed by atoms with Crippen molar-refractivity contribution in [3.8, 4) is 5.75 Å². The zero-order valence-electron chi connectivity index (χ0n) is 17.5. The van der Waals surface area contributed by atoms with Gasteiger partial charge in [-0.05, 0) is 36.2 Å². The van der Waals surface area contributed by atoms with E-state index in [-0.39, 0.29) is 0 Å². The maximum Gasteiger partial charge on any atom is 0.231 e. The predicted molar refractivity (Wildman–Crippen MR) is 122 cm³/mol. The second kappa shape index (κ2) is 9.99. The van der Waals surface area contributed by atoms with Crippen LogP contribution < -0.4 is 9.64 Å². The van der Waals surface area contributed by atoms with Gasteiger partial charge in [-0.15, -0.1) is 10.2 Å². The van der Waals surface area contributed by atoms with Gasteiger partial charge in [-0.2, -0.15) is 0 Å². The van der Waals surface area contributed by atoms with Crippen LogP contribution in [0.1, 0.15) is 31.4 Å². The highest BCUT2D eigenvalue weighted by Crippen LogP contribution is 2.36. The van der Waals surface area contributed by atoms with Crippen molar-refractivity contribution >= 4 is 44.1 Å². The van der Waals surface area contributed by atoms with Crippen molar-refractivity contribution in [2.45, 2.75) is 27.2 Å². The van der Waals surface area contributed by atoms with Crippen LogP contribution in [0, 0.1) is 6.92 Å².